The van der Waals surface area contributed by atoms with Crippen LogP contribution in [0, 0.1) is 5.92 Å². The van der Waals surface area contributed by atoms with Gasteiger partial charge in [0.2, 0.25) is 5.91 Å². The molecular formula is C22H43N5O3. The molecule has 8 nitrogen and oxygen atoms in total. The second-order valence-electron chi connectivity index (χ2n) is 8.81. The van der Waals surface area contributed by atoms with Gasteiger partial charge >= 0.3 is 0 Å². The molecule has 0 spiro atoms. The Morgan fingerprint density at radius 3 is 2.60 bits per heavy atom. The third-order valence-corrected chi connectivity index (χ3v) is 6.12. The van der Waals surface area contributed by atoms with Crippen LogP contribution < -0.4 is 5.32 Å². The van der Waals surface area contributed by atoms with Crippen molar-refractivity contribution in [3.63, 3.8) is 0 Å². The van der Waals surface area contributed by atoms with Crippen LogP contribution in [0.15, 0.2) is 4.99 Å². The Labute approximate surface area is 183 Å². The summed E-state index contributed by atoms with van der Waals surface area (Å²) >= 11 is 0. The van der Waals surface area contributed by atoms with Gasteiger partial charge in [0, 0.05) is 54.0 Å². The highest BCUT2D eigenvalue weighted by Crippen LogP contribution is 2.22. The van der Waals surface area contributed by atoms with Crippen LogP contribution >= 0.6 is 0 Å². The summed E-state index contributed by atoms with van der Waals surface area (Å²) in [4.78, 5) is 22.9. The van der Waals surface area contributed by atoms with E-state index in [9.17, 15) is 4.79 Å². The van der Waals surface area contributed by atoms with E-state index in [1.807, 2.05) is 0 Å². The monoisotopic (exact) mass is 425 g/mol. The maximum absolute atomic E-state index is 12.0. The molecule has 1 N–H and O–H groups in total. The van der Waals surface area contributed by atoms with Gasteiger partial charge < -0.3 is 29.5 Å². The van der Waals surface area contributed by atoms with Gasteiger partial charge in [0.1, 0.15) is 6.54 Å². The lowest BCUT2D eigenvalue weighted by Crippen LogP contribution is -2.48. The van der Waals surface area contributed by atoms with Gasteiger partial charge in [-0.3, -0.25) is 4.79 Å². The summed E-state index contributed by atoms with van der Waals surface area (Å²) in [7, 11) is 7.47. The molecule has 0 radical (unpaired) electrons. The summed E-state index contributed by atoms with van der Waals surface area (Å²) in [6, 6.07) is 0. The van der Waals surface area contributed by atoms with Crippen LogP contribution in [0.25, 0.3) is 0 Å². The highest BCUT2D eigenvalue weighted by Gasteiger charge is 2.23. The Hall–Kier alpha value is -1.38. The molecule has 1 unspecified atom stereocenters. The molecule has 8 heteroatoms. The molecule has 1 amide bonds. The van der Waals surface area contributed by atoms with E-state index in [1.165, 1.54) is 25.7 Å². The predicted molar refractivity (Wildman–Crippen MR) is 121 cm³/mol. The van der Waals surface area contributed by atoms with Crippen molar-refractivity contribution in [3.05, 3.63) is 0 Å². The van der Waals surface area contributed by atoms with Crippen LogP contribution in [0.5, 0.6) is 0 Å². The molecule has 2 rings (SSSR count). The fraction of sp³-hybridized carbons (Fsp3) is 0.909. The van der Waals surface area contributed by atoms with Gasteiger partial charge in [-0.1, -0.05) is 0 Å². The van der Waals surface area contributed by atoms with Gasteiger partial charge in [0.25, 0.3) is 0 Å². The standard InChI is InChI=1S/C22H43N5O3/c1-25(2)21(28)18-24-22(23-17-20-8-6-15-30-20)27-12-9-19(10-13-27)7-5-11-26(3)14-16-29-4/h19-20H,5-18H2,1-4H3,(H,23,24). The quantitative estimate of drug-likeness (QED) is 0.397. The summed E-state index contributed by atoms with van der Waals surface area (Å²) in [6.07, 6.45) is 7.36. The SMILES string of the molecule is COCCN(C)CCCC1CCN(C(=NCC(=O)N(C)C)NCC2CCCO2)CC1. The number of hydrogen-bond donors (Lipinski definition) is 1. The van der Waals surface area contributed by atoms with Crippen LogP contribution in [0.3, 0.4) is 0 Å². The fourth-order valence-corrected chi connectivity index (χ4v) is 4.00. The molecule has 2 aliphatic heterocycles. The molecule has 2 saturated heterocycles. The smallest absolute Gasteiger partial charge is 0.243 e. The lowest BCUT2D eigenvalue weighted by molar-refractivity contribution is -0.127. The molecule has 30 heavy (non-hydrogen) atoms. The third-order valence-electron chi connectivity index (χ3n) is 6.12. The summed E-state index contributed by atoms with van der Waals surface area (Å²) in [5.74, 6) is 1.66. The van der Waals surface area contributed by atoms with Crippen molar-refractivity contribution in [3.8, 4) is 0 Å². The van der Waals surface area contributed by atoms with Gasteiger partial charge in [0.15, 0.2) is 5.96 Å². The van der Waals surface area contributed by atoms with Crippen molar-refractivity contribution in [2.75, 3.05) is 80.7 Å². The second-order valence-corrected chi connectivity index (χ2v) is 8.81. The summed E-state index contributed by atoms with van der Waals surface area (Å²) < 4.78 is 10.9. The Kier molecular flexibility index (Phi) is 11.5. The fourth-order valence-electron chi connectivity index (χ4n) is 4.00. The largest absolute Gasteiger partial charge is 0.383 e. The minimum atomic E-state index is 0.0268. The van der Waals surface area contributed by atoms with E-state index in [2.05, 4.69) is 27.2 Å². The summed E-state index contributed by atoms with van der Waals surface area (Å²) in [6.45, 7) is 6.73. The van der Waals surface area contributed by atoms with E-state index in [1.54, 1.807) is 26.1 Å². The van der Waals surface area contributed by atoms with Gasteiger partial charge in [0.05, 0.1) is 12.7 Å². The van der Waals surface area contributed by atoms with E-state index in [-0.39, 0.29) is 18.6 Å². The van der Waals surface area contributed by atoms with Crippen molar-refractivity contribution in [2.45, 2.75) is 44.6 Å². The highest BCUT2D eigenvalue weighted by molar-refractivity contribution is 5.84. The highest BCUT2D eigenvalue weighted by atomic mass is 16.5. The minimum Gasteiger partial charge on any atom is -0.383 e. The molecule has 1 atom stereocenters. The molecule has 0 aliphatic carbocycles. The number of methoxy groups -OCH3 is 1. The number of amides is 1. The normalized spacial score (nSPS) is 20.8. The first-order chi connectivity index (χ1) is 14.5. The van der Waals surface area contributed by atoms with Crippen LogP contribution in [-0.2, 0) is 14.3 Å². The van der Waals surface area contributed by atoms with Gasteiger partial charge in [-0.2, -0.15) is 0 Å². The first-order valence-corrected chi connectivity index (χ1v) is 11.5. The lowest BCUT2D eigenvalue weighted by Gasteiger charge is -2.35. The average Bonchev–Trinajstić information content (AvgIpc) is 3.26. The number of nitrogens with zero attached hydrogens (tertiary/aromatic N) is 4. The number of piperidine rings is 1. The lowest BCUT2D eigenvalue weighted by atomic mass is 9.92. The van der Waals surface area contributed by atoms with Crippen molar-refractivity contribution < 1.29 is 14.3 Å². The zero-order valence-electron chi connectivity index (χ0n) is 19.6. The van der Waals surface area contributed by atoms with Crippen LogP contribution in [0.1, 0.15) is 38.5 Å². The Morgan fingerprint density at radius 1 is 1.20 bits per heavy atom. The van der Waals surface area contributed by atoms with E-state index in [4.69, 9.17) is 9.47 Å². The second kappa shape index (κ2) is 13.8. The third kappa shape index (κ3) is 9.18. The summed E-state index contributed by atoms with van der Waals surface area (Å²) in [5.41, 5.74) is 0. The van der Waals surface area contributed by atoms with Crippen molar-refractivity contribution in [1.29, 1.82) is 0 Å². The van der Waals surface area contributed by atoms with Gasteiger partial charge in [-0.25, -0.2) is 4.99 Å². The van der Waals surface area contributed by atoms with E-state index >= 15 is 0 Å². The average molecular weight is 426 g/mol. The molecule has 2 aliphatic rings. The molecular weight excluding hydrogens is 382 g/mol. The Bertz CT molecular complexity index is 515. The number of nitrogens with one attached hydrogen (secondary N) is 1. The number of likely N-dealkylation sites (tertiary alicyclic amines) is 1. The number of ether oxygens (including phenoxy) is 2. The predicted octanol–water partition coefficient (Wildman–Crippen LogP) is 1.27. The molecule has 2 fully saturated rings. The molecule has 0 aromatic heterocycles. The van der Waals surface area contributed by atoms with Crippen molar-refractivity contribution >= 4 is 11.9 Å². The van der Waals surface area contributed by atoms with Gasteiger partial charge in [-0.05, 0) is 58.0 Å². The zero-order chi connectivity index (χ0) is 21.8. The van der Waals surface area contributed by atoms with E-state index in [0.29, 0.717) is 0 Å². The first-order valence-electron chi connectivity index (χ1n) is 11.5. The van der Waals surface area contributed by atoms with Crippen LogP contribution in [0.4, 0.5) is 0 Å². The maximum atomic E-state index is 12.0. The summed E-state index contributed by atoms with van der Waals surface area (Å²) in [5, 5.41) is 3.48. The molecule has 0 saturated carbocycles. The Balaban J connectivity index is 1.77. The van der Waals surface area contributed by atoms with E-state index in [0.717, 1.165) is 70.7 Å². The zero-order valence-corrected chi connectivity index (χ0v) is 19.6. The minimum absolute atomic E-state index is 0.0268. The van der Waals surface area contributed by atoms with E-state index < -0.39 is 0 Å². The van der Waals surface area contributed by atoms with Crippen LogP contribution in [0.2, 0.25) is 0 Å². The molecule has 174 valence electrons. The number of aliphatic imine (C=N–C) groups is 1. The molecule has 2 heterocycles. The first kappa shape index (κ1) is 24.9. The number of likely N-dealkylation sites (N-methyl/N-ethyl adjacent to an activating group) is 2. The van der Waals surface area contributed by atoms with Crippen molar-refractivity contribution in [1.82, 2.24) is 20.0 Å². The number of rotatable bonds is 11. The molecule has 0 aromatic carbocycles. The molecule has 0 bridgehead atoms. The van der Waals surface area contributed by atoms with Gasteiger partial charge in [-0.15, -0.1) is 0 Å². The molecule has 0 aromatic rings. The number of guanidine groups is 1. The van der Waals surface area contributed by atoms with Crippen LogP contribution in [-0.4, -0.2) is 113 Å². The Morgan fingerprint density at radius 2 is 1.97 bits per heavy atom. The number of carbonyl (C=O) groups excluding carboxylic acids is 1. The number of carbonyl (C=O) groups is 1. The maximum Gasteiger partial charge on any atom is 0.243 e. The number of hydrogen-bond acceptors (Lipinski definition) is 5. The van der Waals surface area contributed by atoms with Crippen molar-refractivity contribution in [2.24, 2.45) is 10.9 Å². The topological polar surface area (TPSA) is 69.6 Å².